The zero-order chi connectivity index (χ0) is 11.6. The van der Waals surface area contributed by atoms with Gasteiger partial charge in [-0.3, -0.25) is 0 Å². The van der Waals surface area contributed by atoms with Gasteiger partial charge >= 0.3 is 0 Å². The van der Waals surface area contributed by atoms with Crippen LogP contribution in [0.2, 0.25) is 0 Å². The number of hydrogen-bond donors (Lipinski definition) is 0. The molecule has 84 valence electrons. The van der Waals surface area contributed by atoms with E-state index in [0.717, 1.165) is 17.9 Å². The topological polar surface area (TPSA) is 26.0 Å². The molecule has 1 heterocycles. The minimum atomic E-state index is 0.476. The van der Waals surface area contributed by atoms with Gasteiger partial charge in [0.25, 0.3) is 0 Å². The number of nitrogens with zero attached hydrogens (tertiary/aromatic N) is 1. The molecule has 0 N–H and O–H groups in total. The molecule has 0 atom stereocenters. The van der Waals surface area contributed by atoms with Crippen molar-refractivity contribution in [3.8, 4) is 0 Å². The van der Waals surface area contributed by atoms with E-state index in [1.165, 1.54) is 0 Å². The Labute approximate surface area is 88.7 Å². The van der Waals surface area contributed by atoms with E-state index < -0.39 is 0 Å². The van der Waals surface area contributed by atoms with Gasteiger partial charge in [0.1, 0.15) is 5.76 Å². The summed E-state index contributed by atoms with van der Waals surface area (Å²) in [5, 5.41) is 3.91. The second-order valence-electron chi connectivity index (χ2n) is 2.73. The van der Waals surface area contributed by atoms with Crippen LogP contribution in [0.4, 0.5) is 0 Å². The standard InChI is InChI=1S/C8H13NO.2C2H6/c1-4-7-5-8(6(2)3)9-10-7;2*1-2/h5-6H,4H2,1-3H3;2*1-2H3. The van der Waals surface area contributed by atoms with E-state index in [4.69, 9.17) is 4.52 Å². The fourth-order valence-electron chi connectivity index (χ4n) is 0.768. The lowest BCUT2D eigenvalue weighted by atomic mass is 10.1. The van der Waals surface area contributed by atoms with Gasteiger partial charge in [-0.25, -0.2) is 0 Å². The van der Waals surface area contributed by atoms with Crippen LogP contribution >= 0.6 is 0 Å². The van der Waals surface area contributed by atoms with Crippen LogP contribution in [0.1, 0.15) is 65.8 Å². The summed E-state index contributed by atoms with van der Waals surface area (Å²) >= 11 is 0. The van der Waals surface area contributed by atoms with Crippen molar-refractivity contribution >= 4 is 0 Å². The zero-order valence-electron chi connectivity index (χ0n) is 10.7. The lowest BCUT2D eigenvalue weighted by Crippen LogP contribution is -1.84. The first kappa shape index (κ1) is 15.7. The monoisotopic (exact) mass is 199 g/mol. The third kappa shape index (κ3) is 5.79. The van der Waals surface area contributed by atoms with Gasteiger partial charge in [-0.1, -0.05) is 53.6 Å². The molecule has 14 heavy (non-hydrogen) atoms. The first-order valence-electron chi connectivity index (χ1n) is 5.69. The molecule has 1 aromatic heterocycles. The van der Waals surface area contributed by atoms with E-state index in [1.54, 1.807) is 0 Å². The molecular weight excluding hydrogens is 174 g/mol. The third-order valence-corrected chi connectivity index (χ3v) is 1.52. The van der Waals surface area contributed by atoms with Crippen LogP contribution in [0.25, 0.3) is 0 Å². The largest absolute Gasteiger partial charge is 0.361 e. The van der Waals surface area contributed by atoms with Gasteiger partial charge in [0.15, 0.2) is 0 Å². The summed E-state index contributed by atoms with van der Waals surface area (Å²) in [6.45, 7) is 14.3. The Hall–Kier alpha value is -0.790. The molecule has 2 heteroatoms. The van der Waals surface area contributed by atoms with E-state index in [2.05, 4.69) is 25.9 Å². The molecule has 1 aromatic rings. The second-order valence-corrected chi connectivity index (χ2v) is 2.73. The van der Waals surface area contributed by atoms with Crippen molar-refractivity contribution in [1.82, 2.24) is 5.16 Å². The molecule has 0 saturated heterocycles. The van der Waals surface area contributed by atoms with Gasteiger partial charge in [0.2, 0.25) is 0 Å². The van der Waals surface area contributed by atoms with Crippen molar-refractivity contribution < 1.29 is 4.52 Å². The maximum atomic E-state index is 5.03. The number of aryl methyl sites for hydroxylation is 1. The van der Waals surface area contributed by atoms with Crippen LogP contribution in [0.3, 0.4) is 0 Å². The summed E-state index contributed by atoms with van der Waals surface area (Å²) < 4.78 is 5.03. The van der Waals surface area contributed by atoms with Gasteiger partial charge in [0, 0.05) is 12.5 Å². The van der Waals surface area contributed by atoms with Crippen molar-refractivity contribution in [2.75, 3.05) is 0 Å². The number of aromatic nitrogens is 1. The Morgan fingerprint density at radius 3 is 1.93 bits per heavy atom. The summed E-state index contributed by atoms with van der Waals surface area (Å²) in [5.41, 5.74) is 1.05. The van der Waals surface area contributed by atoms with E-state index in [9.17, 15) is 0 Å². The summed E-state index contributed by atoms with van der Waals surface area (Å²) in [5.74, 6) is 1.45. The Bertz CT molecular complexity index is 204. The molecule has 0 fully saturated rings. The highest BCUT2D eigenvalue weighted by Gasteiger charge is 2.04. The fourth-order valence-corrected chi connectivity index (χ4v) is 0.768. The van der Waals surface area contributed by atoms with Crippen LogP contribution in [-0.2, 0) is 6.42 Å². The molecule has 0 unspecified atom stereocenters. The van der Waals surface area contributed by atoms with Crippen LogP contribution in [0.5, 0.6) is 0 Å². The average Bonchev–Trinajstić information content (AvgIpc) is 2.72. The normalized spacial score (nSPS) is 8.57. The van der Waals surface area contributed by atoms with E-state index in [0.29, 0.717) is 5.92 Å². The Morgan fingerprint density at radius 2 is 1.71 bits per heavy atom. The summed E-state index contributed by atoms with van der Waals surface area (Å²) in [4.78, 5) is 0. The summed E-state index contributed by atoms with van der Waals surface area (Å²) in [6, 6.07) is 2.02. The molecule has 0 aromatic carbocycles. The zero-order valence-corrected chi connectivity index (χ0v) is 10.7. The maximum Gasteiger partial charge on any atom is 0.136 e. The average molecular weight is 199 g/mol. The predicted molar refractivity (Wildman–Crippen MR) is 62.7 cm³/mol. The van der Waals surface area contributed by atoms with Gasteiger partial charge < -0.3 is 4.52 Å². The maximum absolute atomic E-state index is 5.03. The molecule has 0 radical (unpaired) electrons. The van der Waals surface area contributed by atoms with E-state index in [-0.39, 0.29) is 0 Å². The molecule has 0 bridgehead atoms. The van der Waals surface area contributed by atoms with Gasteiger partial charge in [-0.2, -0.15) is 0 Å². The first-order chi connectivity index (χ1) is 6.74. The third-order valence-electron chi connectivity index (χ3n) is 1.52. The molecular formula is C12H25NO. The molecule has 0 amide bonds. The predicted octanol–water partition coefficient (Wildman–Crippen LogP) is 4.41. The van der Waals surface area contributed by atoms with Crippen LogP contribution in [-0.4, -0.2) is 5.16 Å². The lowest BCUT2D eigenvalue weighted by molar-refractivity contribution is 0.378. The highest BCUT2D eigenvalue weighted by molar-refractivity contribution is 5.08. The Kier molecular flexibility index (Phi) is 11.5. The lowest BCUT2D eigenvalue weighted by Gasteiger charge is -1.92. The Morgan fingerprint density at radius 1 is 1.21 bits per heavy atom. The molecule has 0 aliphatic heterocycles. The van der Waals surface area contributed by atoms with Crippen LogP contribution in [0.15, 0.2) is 10.6 Å². The number of rotatable bonds is 2. The highest BCUT2D eigenvalue weighted by atomic mass is 16.5. The first-order valence-corrected chi connectivity index (χ1v) is 5.69. The summed E-state index contributed by atoms with van der Waals surface area (Å²) in [7, 11) is 0. The second kappa shape index (κ2) is 10.3. The van der Waals surface area contributed by atoms with Crippen molar-refractivity contribution in [3.05, 3.63) is 17.5 Å². The van der Waals surface area contributed by atoms with Crippen molar-refractivity contribution in [2.24, 2.45) is 0 Å². The van der Waals surface area contributed by atoms with Gasteiger partial charge in [0.05, 0.1) is 5.69 Å². The van der Waals surface area contributed by atoms with Crippen molar-refractivity contribution in [2.45, 2.75) is 60.8 Å². The number of hydrogen-bond acceptors (Lipinski definition) is 2. The molecule has 0 aliphatic rings. The molecule has 0 saturated carbocycles. The quantitative estimate of drug-likeness (QED) is 0.705. The van der Waals surface area contributed by atoms with Crippen molar-refractivity contribution in [3.63, 3.8) is 0 Å². The van der Waals surface area contributed by atoms with Crippen molar-refractivity contribution in [1.29, 1.82) is 0 Å². The van der Waals surface area contributed by atoms with Gasteiger partial charge in [-0.05, 0) is 5.92 Å². The molecule has 2 nitrogen and oxygen atoms in total. The van der Waals surface area contributed by atoms with Crippen LogP contribution < -0.4 is 0 Å². The van der Waals surface area contributed by atoms with E-state index in [1.807, 2.05) is 33.8 Å². The molecule has 0 aliphatic carbocycles. The highest BCUT2D eigenvalue weighted by Crippen LogP contribution is 2.13. The smallest absolute Gasteiger partial charge is 0.136 e. The SMILES string of the molecule is CC.CC.CCc1cc(C(C)C)no1. The van der Waals surface area contributed by atoms with E-state index >= 15 is 0 Å². The summed E-state index contributed by atoms with van der Waals surface area (Å²) in [6.07, 6.45) is 0.930. The fraction of sp³-hybridized carbons (Fsp3) is 0.750. The Balaban J connectivity index is 0. The molecule has 1 rings (SSSR count). The van der Waals surface area contributed by atoms with Gasteiger partial charge in [-0.15, -0.1) is 0 Å². The molecule has 0 spiro atoms. The minimum absolute atomic E-state index is 0.476. The van der Waals surface area contributed by atoms with Crippen LogP contribution in [0, 0.1) is 0 Å². The minimum Gasteiger partial charge on any atom is -0.361 e.